The summed E-state index contributed by atoms with van der Waals surface area (Å²) >= 11 is 0. The zero-order valence-electron chi connectivity index (χ0n) is 29.7. The fourth-order valence-electron chi connectivity index (χ4n) is 7.69. The number of benzene rings is 7. The summed E-state index contributed by atoms with van der Waals surface area (Å²) in [5, 5.41) is 2.31. The van der Waals surface area contributed by atoms with E-state index in [1.807, 2.05) is 72.8 Å². The van der Waals surface area contributed by atoms with Crippen molar-refractivity contribution in [1.29, 1.82) is 0 Å². The van der Waals surface area contributed by atoms with Gasteiger partial charge < -0.3 is 4.57 Å². The fourth-order valence-corrected chi connectivity index (χ4v) is 7.69. The molecule has 2 heterocycles. The Labute approximate surface area is 307 Å². The standard InChI is InChI=1S/C48H35FN4/c1-30-26-31(2)45(32(3)27-30)36-21-25-43-41(28-36)40-16-10-11-17-42(40)53(43)44-29-37(20-24-39(44)33-18-22-38(49)23-19-33)48-51-46(34-12-6-4-7-13-34)50-47(52-48)35-14-8-5-9-15-35/h4-29H,1-3H3. The van der Waals surface area contributed by atoms with Crippen LogP contribution in [-0.2, 0) is 0 Å². The maximum absolute atomic E-state index is 14.3. The first-order valence-electron chi connectivity index (χ1n) is 17.8. The van der Waals surface area contributed by atoms with Gasteiger partial charge in [-0.1, -0.05) is 127 Å². The number of rotatable bonds is 6. The van der Waals surface area contributed by atoms with Crippen molar-refractivity contribution in [1.82, 2.24) is 19.5 Å². The molecule has 7 aromatic carbocycles. The van der Waals surface area contributed by atoms with E-state index in [4.69, 9.17) is 15.0 Å². The molecule has 0 bridgehead atoms. The first kappa shape index (κ1) is 32.2. The molecule has 0 aliphatic carbocycles. The number of hydrogen-bond donors (Lipinski definition) is 0. The molecule has 0 amide bonds. The van der Waals surface area contributed by atoms with Gasteiger partial charge in [-0.2, -0.15) is 0 Å². The van der Waals surface area contributed by atoms with Crippen LogP contribution in [0.15, 0.2) is 158 Å². The maximum atomic E-state index is 14.3. The van der Waals surface area contributed by atoms with Crippen LogP contribution in [0.2, 0.25) is 0 Å². The normalized spacial score (nSPS) is 11.4. The molecule has 0 aliphatic rings. The third-order valence-electron chi connectivity index (χ3n) is 9.99. The number of hydrogen-bond acceptors (Lipinski definition) is 3. The highest BCUT2D eigenvalue weighted by atomic mass is 19.1. The Kier molecular flexibility index (Phi) is 7.97. The summed E-state index contributed by atoms with van der Waals surface area (Å²) < 4.78 is 16.6. The minimum absolute atomic E-state index is 0.273. The van der Waals surface area contributed by atoms with E-state index in [9.17, 15) is 4.39 Å². The topological polar surface area (TPSA) is 43.6 Å². The quantitative estimate of drug-likeness (QED) is 0.175. The number of para-hydroxylation sites is 1. The van der Waals surface area contributed by atoms with E-state index >= 15 is 0 Å². The van der Waals surface area contributed by atoms with Crippen molar-refractivity contribution in [2.45, 2.75) is 20.8 Å². The maximum Gasteiger partial charge on any atom is 0.164 e. The van der Waals surface area contributed by atoms with Crippen LogP contribution in [0.3, 0.4) is 0 Å². The van der Waals surface area contributed by atoms with Crippen molar-refractivity contribution in [3.05, 3.63) is 180 Å². The number of aromatic nitrogens is 4. The van der Waals surface area contributed by atoms with E-state index in [0.717, 1.165) is 55.3 Å². The Hall–Kier alpha value is -6.72. The molecule has 0 unspecified atom stereocenters. The molecular weight excluding hydrogens is 652 g/mol. The van der Waals surface area contributed by atoms with Crippen LogP contribution in [0, 0.1) is 26.6 Å². The minimum atomic E-state index is -0.273. The highest BCUT2D eigenvalue weighted by Gasteiger charge is 2.20. The molecule has 0 spiro atoms. The summed E-state index contributed by atoms with van der Waals surface area (Å²) in [5.74, 6) is 1.50. The molecule has 0 aliphatic heterocycles. The molecule has 254 valence electrons. The van der Waals surface area contributed by atoms with E-state index in [1.54, 1.807) is 0 Å². The summed E-state index contributed by atoms with van der Waals surface area (Å²) in [6.07, 6.45) is 0. The molecule has 4 nitrogen and oxygen atoms in total. The molecule has 0 saturated carbocycles. The number of halogens is 1. The smallest absolute Gasteiger partial charge is 0.164 e. The second-order valence-electron chi connectivity index (χ2n) is 13.6. The molecule has 0 fully saturated rings. The van der Waals surface area contributed by atoms with Crippen LogP contribution in [0.5, 0.6) is 0 Å². The van der Waals surface area contributed by atoms with Gasteiger partial charge in [-0.3, -0.25) is 0 Å². The van der Waals surface area contributed by atoms with Crippen LogP contribution in [-0.4, -0.2) is 19.5 Å². The zero-order chi connectivity index (χ0) is 36.1. The predicted molar refractivity (Wildman–Crippen MR) is 216 cm³/mol. The molecule has 0 atom stereocenters. The van der Waals surface area contributed by atoms with Crippen molar-refractivity contribution in [2.75, 3.05) is 0 Å². The first-order chi connectivity index (χ1) is 25.9. The number of aryl methyl sites for hydroxylation is 3. The Morgan fingerprint density at radius 3 is 1.60 bits per heavy atom. The molecule has 0 radical (unpaired) electrons. The van der Waals surface area contributed by atoms with Crippen molar-refractivity contribution in [3.8, 4) is 62.1 Å². The second kappa shape index (κ2) is 13.1. The van der Waals surface area contributed by atoms with Crippen LogP contribution < -0.4 is 0 Å². The first-order valence-corrected chi connectivity index (χ1v) is 17.8. The lowest BCUT2D eigenvalue weighted by atomic mass is 9.93. The third-order valence-corrected chi connectivity index (χ3v) is 9.99. The Balaban J connectivity index is 1.31. The van der Waals surface area contributed by atoms with Crippen molar-refractivity contribution >= 4 is 21.8 Å². The summed E-state index contributed by atoms with van der Waals surface area (Å²) in [5.41, 5.74) is 13.9. The Bertz CT molecular complexity index is 2720. The van der Waals surface area contributed by atoms with E-state index < -0.39 is 0 Å². The lowest BCUT2D eigenvalue weighted by Crippen LogP contribution is -2.02. The van der Waals surface area contributed by atoms with E-state index in [2.05, 4.69) is 98.1 Å². The van der Waals surface area contributed by atoms with Crippen molar-refractivity contribution < 1.29 is 4.39 Å². The van der Waals surface area contributed by atoms with Gasteiger partial charge in [0.25, 0.3) is 0 Å². The highest BCUT2D eigenvalue weighted by molar-refractivity contribution is 6.11. The van der Waals surface area contributed by atoms with Crippen LogP contribution in [0.1, 0.15) is 16.7 Å². The average Bonchev–Trinajstić information content (AvgIpc) is 3.52. The molecule has 0 saturated heterocycles. The summed E-state index contributed by atoms with van der Waals surface area (Å²) in [4.78, 5) is 15.0. The fraction of sp³-hybridized carbons (Fsp3) is 0.0625. The summed E-state index contributed by atoms with van der Waals surface area (Å²) in [7, 11) is 0. The largest absolute Gasteiger partial charge is 0.309 e. The van der Waals surface area contributed by atoms with Gasteiger partial charge in [-0.05, 0) is 85.0 Å². The van der Waals surface area contributed by atoms with Gasteiger partial charge in [-0.25, -0.2) is 19.3 Å². The van der Waals surface area contributed by atoms with Gasteiger partial charge in [0.2, 0.25) is 0 Å². The molecule has 2 aromatic heterocycles. The third kappa shape index (κ3) is 5.86. The Morgan fingerprint density at radius 1 is 0.434 bits per heavy atom. The predicted octanol–water partition coefficient (Wildman–Crippen LogP) is 12.4. The lowest BCUT2D eigenvalue weighted by Gasteiger charge is -2.17. The summed E-state index contributed by atoms with van der Waals surface area (Å²) in [6, 6.07) is 52.9. The number of nitrogens with zero attached hydrogens (tertiary/aromatic N) is 4. The van der Waals surface area contributed by atoms with E-state index in [1.165, 1.54) is 39.9 Å². The van der Waals surface area contributed by atoms with Gasteiger partial charge in [0.15, 0.2) is 17.5 Å². The van der Waals surface area contributed by atoms with Gasteiger partial charge >= 0.3 is 0 Å². The van der Waals surface area contributed by atoms with E-state index in [0.29, 0.717) is 17.5 Å². The van der Waals surface area contributed by atoms with Gasteiger partial charge in [0.1, 0.15) is 5.82 Å². The lowest BCUT2D eigenvalue weighted by molar-refractivity contribution is 0.628. The molecule has 5 heteroatoms. The number of fused-ring (bicyclic) bond motifs is 3. The van der Waals surface area contributed by atoms with Crippen LogP contribution in [0.25, 0.3) is 83.9 Å². The van der Waals surface area contributed by atoms with Crippen LogP contribution >= 0.6 is 0 Å². The van der Waals surface area contributed by atoms with Gasteiger partial charge in [0.05, 0.1) is 16.7 Å². The zero-order valence-corrected chi connectivity index (χ0v) is 29.7. The van der Waals surface area contributed by atoms with Crippen molar-refractivity contribution in [3.63, 3.8) is 0 Å². The van der Waals surface area contributed by atoms with Gasteiger partial charge in [0, 0.05) is 33.0 Å². The molecule has 9 rings (SSSR count). The molecule has 53 heavy (non-hydrogen) atoms. The average molecular weight is 687 g/mol. The highest BCUT2D eigenvalue weighted by Crippen LogP contribution is 2.40. The molecule has 9 aromatic rings. The monoisotopic (exact) mass is 686 g/mol. The van der Waals surface area contributed by atoms with Crippen molar-refractivity contribution in [2.24, 2.45) is 0 Å². The second-order valence-corrected chi connectivity index (χ2v) is 13.6. The SMILES string of the molecule is Cc1cc(C)c(-c2ccc3c(c2)c2ccccc2n3-c2cc(-c3nc(-c4ccccc4)nc(-c4ccccc4)n3)ccc2-c2ccc(F)cc2)c(C)c1. The Morgan fingerprint density at radius 2 is 0.962 bits per heavy atom. The van der Waals surface area contributed by atoms with Gasteiger partial charge in [-0.15, -0.1) is 0 Å². The van der Waals surface area contributed by atoms with E-state index in [-0.39, 0.29) is 5.82 Å². The molecular formula is C48H35FN4. The minimum Gasteiger partial charge on any atom is -0.309 e. The molecule has 0 N–H and O–H groups in total. The summed E-state index contributed by atoms with van der Waals surface area (Å²) in [6.45, 7) is 6.53. The van der Waals surface area contributed by atoms with Crippen LogP contribution in [0.4, 0.5) is 4.39 Å².